The van der Waals surface area contributed by atoms with Crippen molar-refractivity contribution in [3.63, 3.8) is 0 Å². The zero-order valence-electron chi connectivity index (χ0n) is 15.8. The smallest absolute Gasteiger partial charge is 0.265 e. The predicted octanol–water partition coefficient (Wildman–Crippen LogP) is 5.18. The number of aromatic amines is 1. The minimum atomic E-state index is -0.585. The zero-order valence-corrected chi connectivity index (χ0v) is 18.2. The molecule has 1 atom stereocenters. The minimum Gasteiger partial charge on any atom is -0.324 e. The fourth-order valence-electron chi connectivity index (χ4n) is 2.88. The van der Waals surface area contributed by atoms with Crippen LogP contribution in [-0.2, 0) is 4.79 Å². The predicted molar refractivity (Wildman–Crippen MR) is 123 cm³/mol. The molecular weight excluding hydrogens is 438 g/mol. The maximum absolute atomic E-state index is 12.9. The molecule has 0 spiro atoms. The van der Waals surface area contributed by atoms with E-state index in [4.69, 9.17) is 12.2 Å². The molecule has 0 saturated carbocycles. The molecule has 3 aromatic heterocycles. The first kappa shape index (κ1) is 20.2. The summed E-state index contributed by atoms with van der Waals surface area (Å²) in [7, 11) is 0. The van der Waals surface area contributed by atoms with E-state index >= 15 is 0 Å². The summed E-state index contributed by atoms with van der Waals surface area (Å²) in [4.78, 5) is 26.7. The van der Waals surface area contributed by atoms with Crippen molar-refractivity contribution in [2.24, 2.45) is 0 Å². The van der Waals surface area contributed by atoms with Crippen LogP contribution in [0, 0.1) is 4.77 Å². The summed E-state index contributed by atoms with van der Waals surface area (Å²) in [5.41, 5.74) is 1.17. The van der Waals surface area contributed by atoms with E-state index in [2.05, 4.69) is 20.8 Å². The Hall–Kier alpha value is -3.08. The average molecular weight is 456 g/mol. The normalized spacial score (nSPS) is 11.8. The first-order valence-electron chi connectivity index (χ1n) is 8.99. The number of hydrogen-bond donors (Lipinski definition) is 3. The number of amides is 2. The summed E-state index contributed by atoms with van der Waals surface area (Å²) in [6, 6.07) is 13.9. The number of rotatable bonds is 6. The van der Waals surface area contributed by atoms with Crippen LogP contribution < -0.4 is 10.6 Å². The van der Waals surface area contributed by atoms with Crippen LogP contribution in [0.1, 0.15) is 22.6 Å². The number of carbonyl (C=O) groups excluding carboxylic acids is 2. The molecule has 4 rings (SSSR count). The Kier molecular flexibility index (Phi) is 5.88. The summed E-state index contributed by atoms with van der Waals surface area (Å²) in [5.74, 6) is 0.189. The van der Waals surface area contributed by atoms with Crippen LogP contribution in [0.3, 0.4) is 0 Å². The van der Waals surface area contributed by atoms with Crippen LogP contribution in [0.2, 0.25) is 0 Å². The van der Waals surface area contributed by atoms with Gasteiger partial charge in [-0.1, -0.05) is 18.2 Å². The third-order valence-corrected chi connectivity index (χ3v) is 6.37. The first-order valence-corrected chi connectivity index (χ1v) is 11.2. The Bertz CT molecular complexity index is 1230. The highest BCUT2D eigenvalue weighted by molar-refractivity contribution is 7.71. The Labute approximate surface area is 185 Å². The number of benzene rings is 1. The van der Waals surface area contributed by atoms with Gasteiger partial charge in [0.15, 0.2) is 10.6 Å². The lowest BCUT2D eigenvalue weighted by molar-refractivity contribution is -0.118. The number of nitrogens with one attached hydrogen (secondary N) is 3. The standard InChI is InChI=1S/C20H17N5O2S3/c1-12(25-17(23-24-20(25)28)15-7-3-9-29-15)18(26)21-13-5-2-6-14(11-13)22-19(27)16-8-4-10-30-16/h2-12H,1H3,(H,21,26)(H,22,27)(H,24,28). The molecule has 0 aliphatic rings. The number of H-pyrrole nitrogens is 1. The molecule has 30 heavy (non-hydrogen) atoms. The molecular formula is C20H17N5O2S3. The maximum atomic E-state index is 12.9. The van der Waals surface area contributed by atoms with Crippen LogP contribution >= 0.6 is 34.9 Å². The van der Waals surface area contributed by atoms with Gasteiger partial charge in [0.25, 0.3) is 5.91 Å². The number of nitrogens with zero attached hydrogens (tertiary/aromatic N) is 2. The van der Waals surface area contributed by atoms with Crippen LogP contribution in [0.25, 0.3) is 10.7 Å². The van der Waals surface area contributed by atoms with Crippen LogP contribution in [0.5, 0.6) is 0 Å². The largest absolute Gasteiger partial charge is 0.324 e. The Balaban J connectivity index is 1.50. The second kappa shape index (κ2) is 8.74. The second-order valence-corrected chi connectivity index (χ2v) is 8.66. The van der Waals surface area contributed by atoms with Crippen LogP contribution in [-0.4, -0.2) is 26.6 Å². The minimum absolute atomic E-state index is 0.188. The van der Waals surface area contributed by atoms with Crippen molar-refractivity contribution in [2.75, 3.05) is 10.6 Å². The molecule has 152 valence electrons. The van der Waals surface area contributed by atoms with Crippen LogP contribution in [0.4, 0.5) is 11.4 Å². The van der Waals surface area contributed by atoms with Gasteiger partial charge in [0, 0.05) is 11.4 Å². The molecule has 4 aromatic rings. The molecule has 7 nitrogen and oxygen atoms in total. The summed E-state index contributed by atoms with van der Waals surface area (Å²) < 4.78 is 2.07. The average Bonchev–Trinajstić information content (AvgIpc) is 3.49. The van der Waals surface area contributed by atoms with Crippen molar-refractivity contribution in [1.82, 2.24) is 14.8 Å². The van der Waals surface area contributed by atoms with Crippen molar-refractivity contribution < 1.29 is 9.59 Å². The van der Waals surface area contributed by atoms with Gasteiger partial charge in [0.2, 0.25) is 5.91 Å². The van der Waals surface area contributed by atoms with E-state index in [9.17, 15) is 9.59 Å². The summed E-state index contributed by atoms with van der Waals surface area (Å²) in [6.45, 7) is 1.76. The van der Waals surface area contributed by atoms with E-state index in [-0.39, 0.29) is 11.8 Å². The van der Waals surface area contributed by atoms with Gasteiger partial charge >= 0.3 is 0 Å². The van der Waals surface area contributed by atoms with Gasteiger partial charge in [-0.15, -0.1) is 22.7 Å². The van der Waals surface area contributed by atoms with E-state index in [1.54, 1.807) is 41.8 Å². The Morgan fingerprint density at radius 1 is 1.07 bits per heavy atom. The molecule has 2 amide bonds. The molecule has 3 N–H and O–H groups in total. The number of carbonyl (C=O) groups is 2. The summed E-state index contributed by atoms with van der Waals surface area (Å²) in [6.07, 6.45) is 0. The molecule has 0 aliphatic heterocycles. The highest BCUT2D eigenvalue weighted by Gasteiger charge is 2.21. The van der Waals surface area contributed by atoms with Gasteiger partial charge in [0.05, 0.1) is 9.75 Å². The van der Waals surface area contributed by atoms with E-state index in [0.29, 0.717) is 26.8 Å². The van der Waals surface area contributed by atoms with Crippen LogP contribution in [0.15, 0.2) is 59.3 Å². The monoisotopic (exact) mass is 455 g/mol. The van der Waals surface area contributed by atoms with E-state index in [1.165, 1.54) is 22.7 Å². The second-order valence-electron chi connectivity index (χ2n) is 6.38. The third-order valence-electron chi connectivity index (χ3n) is 4.35. The van der Waals surface area contributed by atoms with Gasteiger partial charge in [-0.3, -0.25) is 19.3 Å². The molecule has 0 saturated heterocycles. The van der Waals surface area contributed by atoms with Gasteiger partial charge < -0.3 is 10.6 Å². The quantitative estimate of drug-likeness (QED) is 0.349. The molecule has 0 radical (unpaired) electrons. The maximum Gasteiger partial charge on any atom is 0.265 e. The Morgan fingerprint density at radius 3 is 2.50 bits per heavy atom. The number of anilines is 2. The van der Waals surface area contributed by atoms with Gasteiger partial charge in [-0.2, -0.15) is 5.10 Å². The molecule has 0 aliphatic carbocycles. The SMILES string of the molecule is CC(C(=O)Nc1cccc(NC(=O)c2cccs2)c1)n1c(-c2cccs2)n[nH]c1=S. The Morgan fingerprint density at radius 2 is 1.80 bits per heavy atom. The molecule has 3 heterocycles. The number of thiophene rings is 2. The first-order chi connectivity index (χ1) is 14.5. The summed E-state index contributed by atoms with van der Waals surface area (Å²) >= 11 is 8.23. The topological polar surface area (TPSA) is 91.8 Å². The molecule has 0 bridgehead atoms. The summed E-state index contributed by atoms with van der Waals surface area (Å²) in [5, 5.41) is 16.5. The molecule has 1 aromatic carbocycles. The van der Waals surface area contributed by atoms with Gasteiger partial charge in [-0.25, -0.2) is 0 Å². The van der Waals surface area contributed by atoms with Crippen molar-refractivity contribution in [3.05, 3.63) is 68.9 Å². The number of hydrogen-bond acceptors (Lipinski definition) is 6. The lowest BCUT2D eigenvalue weighted by Gasteiger charge is -2.16. The number of aromatic nitrogens is 3. The lowest BCUT2D eigenvalue weighted by Crippen LogP contribution is -2.24. The van der Waals surface area contributed by atoms with Gasteiger partial charge in [-0.05, 0) is 60.2 Å². The van der Waals surface area contributed by atoms with Crippen molar-refractivity contribution in [2.45, 2.75) is 13.0 Å². The fraction of sp³-hybridized carbons (Fsp3) is 0.100. The molecule has 1 unspecified atom stereocenters. The van der Waals surface area contributed by atoms with E-state index in [0.717, 1.165) is 4.88 Å². The lowest BCUT2D eigenvalue weighted by atomic mass is 10.2. The zero-order chi connectivity index (χ0) is 21.1. The third kappa shape index (κ3) is 4.25. The van der Waals surface area contributed by atoms with Crippen molar-refractivity contribution >= 4 is 58.1 Å². The highest BCUT2D eigenvalue weighted by Crippen LogP contribution is 2.26. The van der Waals surface area contributed by atoms with Gasteiger partial charge in [0.1, 0.15) is 6.04 Å². The fourth-order valence-corrected chi connectivity index (χ4v) is 4.50. The van der Waals surface area contributed by atoms with Crippen molar-refractivity contribution in [1.29, 1.82) is 0 Å². The van der Waals surface area contributed by atoms with E-state index in [1.807, 2.05) is 29.0 Å². The molecule has 0 fully saturated rings. The van der Waals surface area contributed by atoms with Crippen molar-refractivity contribution in [3.8, 4) is 10.7 Å². The molecule has 10 heteroatoms. The highest BCUT2D eigenvalue weighted by atomic mass is 32.1. The van der Waals surface area contributed by atoms with E-state index < -0.39 is 6.04 Å².